The van der Waals surface area contributed by atoms with Gasteiger partial charge in [0.05, 0.1) is 11.4 Å². The van der Waals surface area contributed by atoms with Crippen molar-refractivity contribution >= 4 is 23.0 Å². The van der Waals surface area contributed by atoms with Gasteiger partial charge in [0, 0.05) is 24.8 Å². The Morgan fingerprint density at radius 3 is 2.31 bits per heavy atom. The number of benzene rings is 3. The molecule has 0 bridgehead atoms. The lowest BCUT2D eigenvalue weighted by atomic mass is 10.1. The normalized spacial score (nSPS) is 10.4. The van der Waals surface area contributed by atoms with E-state index >= 15 is 0 Å². The molecule has 3 rings (SSSR count). The smallest absolute Gasteiger partial charge is 0.258 e. The van der Waals surface area contributed by atoms with Crippen LogP contribution in [0, 0.1) is 5.82 Å². The Morgan fingerprint density at radius 1 is 1.00 bits per heavy atom. The molecular formula is C21H20FN3O. The highest BCUT2D eigenvalue weighted by molar-refractivity contribution is 6.07. The number of carbonyl (C=O) groups excluding carboxylic acids is 1. The Bertz CT molecular complexity index is 892. The van der Waals surface area contributed by atoms with E-state index < -0.39 is 0 Å². The number of halogens is 1. The van der Waals surface area contributed by atoms with Crippen molar-refractivity contribution in [3.63, 3.8) is 0 Å². The quantitative estimate of drug-likeness (QED) is 0.675. The molecule has 0 aromatic heterocycles. The maximum atomic E-state index is 12.9. The van der Waals surface area contributed by atoms with Crippen LogP contribution in [0.15, 0.2) is 72.8 Å². The zero-order valence-corrected chi connectivity index (χ0v) is 14.4. The predicted molar refractivity (Wildman–Crippen MR) is 104 cm³/mol. The van der Waals surface area contributed by atoms with E-state index in [1.165, 1.54) is 17.0 Å². The third kappa shape index (κ3) is 4.00. The van der Waals surface area contributed by atoms with Crippen LogP contribution in [0.25, 0.3) is 0 Å². The molecule has 3 aromatic rings. The van der Waals surface area contributed by atoms with Gasteiger partial charge in [-0.2, -0.15) is 0 Å². The molecule has 132 valence electrons. The van der Waals surface area contributed by atoms with E-state index in [4.69, 9.17) is 5.73 Å². The number of hydrogen-bond acceptors (Lipinski definition) is 3. The number of rotatable bonds is 5. The van der Waals surface area contributed by atoms with Crippen LogP contribution in [-0.2, 0) is 6.54 Å². The summed E-state index contributed by atoms with van der Waals surface area (Å²) in [5.74, 6) is -0.382. The first kappa shape index (κ1) is 17.5. The third-order valence-corrected chi connectivity index (χ3v) is 4.14. The summed E-state index contributed by atoms with van der Waals surface area (Å²) in [5, 5.41) is 3.25. The second-order valence-corrected chi connectivity index (χ2v) is 5.98. The van der Waals surface area contributed by atoms with Crippen molar-refractivity contribution in [2.45, 2.75) is 6.54 Å². The fourth-order valence-electron chi connectivity index (χ4n) is 2.63. The predicted octanol–water partition coefficient (Wildman–Crippen LogP) is 4.30. The minimum absolute atomic E-state index is 0.131. The highest BCUT2D eigenvalue weighted by atomic mass is 19.1. The van der Waals surface area contributed by atoms with Crippen molar-refractivity contribution in [1.82, 2.24) is 0 Å². The summed E-state index contributed by atoms with van der Waals surface area (Å²) in [7, 11) is 1.70. The van der Waals surface area contributed by atoms with Crippen LogP contribution in [0.2, 0.25) is 0 Å². The van der Waals surface area contributed by atoms with E-state index in [2.05, 4.69) is 5.32 Å². The van der Waals surface area contributed by atoms with Crippen LogP contribution in [0.4, 0.5) is 21.5 Å². The van der Waals surface area contributed by atoms with E-state index in [9.17, 15) is 9.18 Å². The molecule has 5 heteroatoms. The fourth-order valence-corrected chi connectivity index (χ4v) is 2.63. The molecule has 0 spiro atoms. The molecule has 0 unspecified atom stereocenters. The highest BCUT2D eigenvalue weighted by Gasteiger charge is 2.15. The third-order valence-electron chi connectivity index (χ3n) is 4.14. The maximum absolute atomic E-state index is 12.9. The monoisotopic (exact) mass is 349 g/mol. The molecule has 0 atom stereocenters. The van der Waals surface area contributed by atoms with Gasteiger partial charge in [0.15, 0.2) is 0 Å². The Kier molecular flexibility index (Phi) is 5.17. The topological polar surface area (TPSA) is 58.4 Å². The molecular weight excluding hydrogens is 329 g/mol. The van der Waals surface area contributed by atoms with Gasteiger partial charge in [-0.15, -0.1) is 0 Å². The SMILES string of the molecule is CN(C(=O)c1ccc(NCc2ccc(F)cc2)cc1)c1ccccc1N. The minimum Gasteiger partial charge on any atom is -0.397 e. The van der Waals surface area contributed by atoms with E-state index in [-0.39, 0.29) is 11.7 Å². The Hall–Kier alpha value is -3.34. The lowest BCUT2D eigenvalue weighted by Crippen LogP contribution is -2.26. The number of carbonyl (C=O) groups is 1. The number of nitrogens with zero attached hydrogens (tertiary/aromatic N) is 1. The molecule has 3 N–H and O–H groups in total. The van der Waals surface area contributed by atoms with Crippen molar-refractivity contribution in [2.75, 3.05) is 23.0 Å². The molecule has 0 aliphatic carbocycles. The van der Waals surface area contributed by atoms with Gasteiger partial charge >= 0.3 is 0 Å². The molecule has 26 heavy (non-hydrogen) atoms. The van der Waals surface area contributed by atoms with Gasteiger partial charge < -0.3 is 16.0 Å². The summed E-state index contributed by atoms with van der Waals surface area (Å²) >= 11 is 0. The second-order valence-electron chi connectivity index (χ2n) is 5.98. The van der Waals surface area contributed by atoms with Gasteiger partial charge in [-0.05, 0) is 54.1 Å². The molecule has 0 saturated carbocycles. The van der Waals surface area contributed by atoms with Crippen LogP contribution < -0.4 is 16.0 Å². The Labute approximate surface area is 152 Å². The number of para-hydroxylation sites is 2. The molecule has 0 saturated heterocycles. The molecule has 0 radical (unpaired) electrons. The number of nitrogens with two attached hydrogens (primary N) is 1. The van der Waals surface area contributed by atoms with Crippen molar-refractivity contribution in [2.24, 2.45) is 0 Å². The maximum Gasteiger partial charge on any atom is 0.258 e. The van der Waals surface area contributed by atoms with Gasteiger partial charge in [-0.1, -0.05) is 24.3 Å². The lowest BCUT2D eigenvalue weighted by molar-refractivity contribution is 0.0993. The number of nitrogens with one attached hydrogen (secondary N) is 1. The van der Waals surface area contributed by atoms with Gasteiger partial charge in [-0.3, -0.25) is 4.79 Å². The van der Waals surface area contributed by atoms with Crippen molar-refractivity contribution < 1.29 is 9.18 Å². The van der Waals surface area contributed by atoms with E-state index in [0.29, 0.717) is 23.5 Å². The average molecular weight is 349 g/mol. The fraction of sp³-hybridized carbons (Fsp3) is 0.0952. The summed E-state index contributed by atoms with van der Waals surface area (Å²) in [4.78, 5) is 14.2. The summed E-state index contributed by atoms with van der Waals surface area (Å²) in [6.07, 6.45) is 0. The number of anilines is 3. The minimum atomic E-state index is -0.250. The van der Waals surface area contributed by atoms with Crippen LogP contribution in [-0.4, -0.2) is 13.0 Å². The van der Waals surface area contributed by atoms with Gasteiger partial charge in [0.25, 0.3) is 5.91 Å². The average Bonchev–Trinajstić information content (AvgIpc) is 2.67. The number of hydrogen-bond donors (Lipinski definition) is 2. The summed E-state index contributed by atoms with van der Waals surface area (Å²) in [5.41, 5.74) is 9.60. The van der Waals surface area contributed by atoms with Crippen LogP contribution >= 0.6 is 0 Å². The van der Waals surface area contributed by atoms with E-state index in [1.807, 2.05) is 30.3 Å². The molecule has 0 aliphatic rings. The van der Waals surface area contributed by atoms with Crippen LogP contribution in [0.5, 0.6) is 0 Å². The zero-order chi connectivity index (χ0) is 18.5. The van der Waals surface area contributed by atoms with Gasteiger partial charge in [0.1, 0.15) is 5.82 Å². The molecule has 0 fully saturated rings. The van der Waals surface area contributed by atoms with Crippen molar-refractivity contribution in [3.8, 4) is 0 Å². The lowest BCUT2D eigenvalue weighted by Gasteiger charge is -2.19. The summed E-state index contributed by atoms with van der Waals surface area (Å²) in [6, 6.07) is 20.8. The van der Waals surface area contributed by atoms with Crippen LogP contribution in [0.1, 0.15) is 15.9 Å². The molecule has 0 aliphatic heterocycles. The van der Waals surface area contributed by atoms with Gasteiger partial charge in [-0.25, -0.2) is 4.39 Å². The Balaban J connectivity index is 1.66. The van der Waals surface area contributed by atoms with Crippen LogP contribution in [0.3, 0.4) is 0 Å². The van der Waals surface area contributed by atoms with E-state index in [1.54, 1.807) is 37.4 Å². The standard InChI is InChI=1S/C21H20FN3O/c1-25(20-5-3-2-4-19(20)23)21(26)16-8-12-18(13-9-16)24-14-15-6-10-17(22)11-7-15/h2-13,24H,14,23H2,1H3. The van der Waals surface area contributed by atoms with Crippen molar-refractivity contribution in [3.05, 3.63) is 89.7 Å². The number of nitrogen functional groups attached to an aromatic ring is 1. The zero-order valence-electron chi connectivity index (χ0n) is 14.4. The first-order valence-electron chi connectivity index (χ1n) is 8.25. The summed E-state index contributed by atoms with van der Waals surface area (Å²) in [6.45, 7) is 0.577. The van der Waals surface area contributed by atoms with E-state index in [0.717, 1.165) is 11.3 Å². The molecule has 3 aromatic carbocycles. The number of amides is 1. The largest absolute Gasteiger partial charge is 0.397 e. The molecule has 0 heterocycles. The second kappa shape index (κ2) is 7.70. The molecule has 4 nitrogen and oxygen atoms in total. The first-order chi connectivity index (χ1) is 12.5. The first-order valence-corrected chi connectivity index (χ1v) is 8.25. The highest BCUT2D eigenvalue weighted by Crippen LogP contribution is 2.23. The van der Waals surface area contributed by atoms with Crippen molar-refractivity contribution in [1.29, 1.82) is 0 Å². The molecule has 1 amide bonds. The Morgan fingerprint density at radius 2 is 1.65 bits per heavy atom. The van der Waals surface area contributed by atoms with Gasteiger partial charge in [0.2, 0.25) is 0 Å². The summed E-state index contributed by atoms with van der Waals surface area (Å²) < 4.78 is 12.9.